The number of H-pyrrole nitrogens is 1. The predicted octanol–water partition coefficient (Wildman–Crippen LogP) is 3.23. The van der Waals surface area contributed by atoms with Gasteiger partial charge >= 0.3 is 0 Å². The minimum absolute atomic E-state index is 0.308. The lowest BCUT2D eigenvalue weighted by Crippen LogP contribution is -2.02. The smallest absolute Gasteiger partial charge is 0.198 e. The second-order valence-corrected chi connectivity index (χ2v) is 5.00. The Morgan fingerprint density at radius 2 is 2.16 bits per heavy atom. The van der Waals surface area contributed by atoms with Gasteiger partial charge in [-0.3, -0.25) is 4.79 Å². The average Bonchev–Trinajstić information content (AvgIpc) is 2.74. The fourth-order valence-corrected chi connectivity index (χ4v) is 2.25. The second kappa shape index (κ2) is 6.36. The van der Waals surface area contributed by atoms with Crippen molar-refractivity contribution in [3.63, 3.8) is 0 Å². The number of rotatable bonds is 7. The van der Waals surface area contributed by atoms with Gasteiger partial charge in [0.25, 0.3) is 0 Å². The molecule has 0 radical (unpaired) electrons. The fourth-order valence-electron chi connectivity index (χ4n) is 2.25. The van der Waals surface area contributed by atoms with E-state index in [1.165, 1.54) is 12.8 Å². The molecule has 0 fully saturated rings. The number of unbranched alkanes of at least 4 members (excludes halogenated alkanes) is 3. The van der Waals surface area contributed by atoms with Crippen molar-refractivity contribution >= 4 is 22.8 Å². The highest BCUT2D eigenvalue weighted by atomic mass is 16.1. The van der Waals surface area contributed by atoms with Gasteiger partial charge in [0, 0.05) is 12.8 Å². The van der Waals surface area contributed by atoms with Gasteiger partial charge in [-0.2, -0.15) is 0 Å². The molecule has 4 heteroatoms. The topological polar surface area (TPSA) is 71.8 Å². The summed E-state index contributed by atoms with van der Waals surface area (Å²) in [6.07, 6.45) is 5.76. The highest BCUT2D eigenvalue weighted by molar-refractivity contribution is 5.83. The summed E-state index contributed by atoms with van der Waals surface area (Å²) in [6, 6.07) is 5.82. The van der Waals surface area contributed by atoms with Crippen LogP contribution >= 0.6 is 0 Å². The number of imidazole rings is 1. The Bertz CT molecular complexity index is 560. The number of carbonyl (C=O) groups is 1. The maximum absolute atomic E-state index is 11.9. The molecule has 0 spiro atoms. The molecule has 102 valence electrons. The first-order chi connectivity index (χ1) is 9.19. The summed E-state index contributed by atoms with van der Waals surface area (Å²) in [5.74, 6) is 0.723. The molecule has 0 atom stereocenters. The number of nitrogens with two attached hydrogens (primary N) is 1. The summed E-state index contributed by atoms with van der Waals surface area (Å²) < 4.78 is 0. The third-order valence-electron chi connectivity index (χ3n) is 3.28. The first-order valence-corrected chi connectivity index (χ1v) is 6.95. The van der Waals surface area contributed by atoms with Crippen LogP contribution in [0, 0.1) is 0 Å². The third-order valence-corrected chi connectivity index (χ3v) is 3.28. The molecule has 0 amide bonds. The number of nitrogen functional groups attached to an aromatic ring is 1. The van der Waals surface area contributed by atoms with Crippen LogP contribution in [-0.2, 0) is 11.2 Å². The number of nitrogens with zero attached hydrogens (tertiary/aromatic N) is 1. The largest absolute Gasteiger partial charge is 0.369 e. The zero-order chi connectivity index (χ0) is 13.7. The maximum Gasteiger partial charge on any atom is 0.198 e. The van der Waals surface area contributed by atoms with E-state index in [1.54, 1.807) is 0 Å². The van der Waals surface area contributed by atoms with E-state index in [4.69, 9.17) is 5.73 Å². The van der Waals surface area contributed by atoms with E-state index >= 15 is 0 Å². The van der Waals surface area contributed by atoms with Crippen LogP contribution in [0.25, 0.3) is 11.0 Å². The van der Waals surface area contributed by atoms with Crippen molar-refractivity contribution in [2.24, 2.45) is 0 Å². The first kappa shape index (κ1) is 13.6. The lowest BCUT2D eigenvalue weighted by molar-refractivity contribution is -0.118. The summed E-state index contributed by atoms with van der Waals surface area (Å²) in [7, 11) is 0. The molecular formula is C15H21N3O. The van der Waals surface area contributed by atoms with Gasteiger partial charge in [0.2, 0.25) is 0 Å². The quantitative estimate of drug-likeness (QED) is 0.750. The molecule has 1 aromatic heterocycles. The standard InChI is InChI=1S/C15H21N3O/c1-2-3-4-5-6-12(19)9-11-7-8-13-14(10-11)18-15(16)17-13/h7-8,10H,2-6,9H2,1H3,(H3,16,17,18). The van der Waals surface area contributed by atoms with Gasteiger partial charge in [0.05, 0.1) is 11.0 Å². The van der Waals surface area contributed by atoms with Crippen LogP contribution in [0.5, 0.6) is 0 Å². The van der Waals surface area contributed by atoms with E-state index in [2.05, 4.69) is 16.9 Å². The molecular weight excluding hydrogens is 238 g/mol. The number of carbonyl (C=O) groups excluding carboxylic acids is 1. The molecule has 1 heterocycles. The van der Waals surface area contributed by atoms with E-state index in [-0.39, 0.29) is 0 Å². The Morgan fingerprint density at radius 1 is 1.32 bits per heavy atom. The summed E-state index contributed by atoms with van der Waals surface area (Å²) in [5, 5.41) is 0. The molecule has 0 aliphatic heterocycles. The minimum atomic E-state index is 0.308. The number of fused-ring (bicyclic) bond motifs is 1. The Balaban J connectivity index is 1.91. The van der Waals surface area contributed by atoms with Gasteiger partial charge in [-0.15, -0.1) is 0 Å². The van der Waals surface area contributed by atoms with Crippen molar-refractivity contribution in [1.29, 1.82) is 0 Å². The van der Waals surface area contributed by atoms with Crippen molar-refractivity contribution in [2.75, 3.05) is 5.73 Å². The van der Waals surface area contributed by atoms with E-state index in [9.17, 15) is 4.79 Å². The first-order valence-electron chi connectivity index (χ1n) is 6.95. The van der Waals surface area contributed by atoms with Crippen LogP contribution in [0.4, 0.5) is 5.95 Å². The zero-order valence-electron chi connectivity index (χ0n) is 11.4. The van der Waals surface area contributed by atoms with Gasteiger partial charge in [0.15, 0.2) is 5.95 Å². The second-order valence-electron chi connectivity index (χ2n) is 5.00. The Morgan fingerprint density at radius 3 is 2.95 bits per heavy atom. The molecule has 0 saturated carbocycles. The van der Waals surface area contributed by atoms with Gasteiger partial charge in [-0.05, 0) is 24.1 Å². The molecule has 19 heavy (non-hydrogen) atoms. The number of hydrogen-bond acceptors (Lipinski definition) is 3. The lowest BCUT2D eigenvalue weighted by Gasteiger charge is -2.01. The monoisotopic (exact) mass is 259 g/mol. The summed E-state index contributed by atoms with van der Waals surface area (Å²) in [6.45, 7) is 2.17. The molecule has 0 bridgehead atoms. The van der Waals surface area contributed by atoms with E-state index in [1.807, 2.05) is 18.2 Å². The highest BCUT2D eigenvalue weighted by Gasteiger charge is 2.06. The van der Waals surface area contributed by atoms with Crippen LogP contribution in [0.1, 0.15) is 44.6 Å². The van der Waals surface area contributed by atoms with Gasteiger partial charge in [0.1, 0.15) is 5.78 Å². The van der Waals surface area contributed by atoms with Gasteiger partial charge < -0.3 is 10.7 Å². The SMILES string of the molecule is CCCCCCC(=O)Cc1ccc2nc(N)[nH]c2c1. The van der Waals surface area contributed by atoms with E-state index in [0.717, 1.165) is 29.4 Å². The van der Waals surface area contributed by atoms with Crippen molar-refractivity contribution in [3.8, 4) is 0 Å². The number of aromatic nitrogens is 2. The van der Waals surface area contributed by atoms with E-state index < -0.39 is 0 Å². The molecule has 3 N–H and O–H groups in total. The number of nitrogens with one attached hydrogen (secondary N) is 1. The average molecular weight is 259 g/mol. The Hall–Kier alpha value is -1.84. The Kier molecular flexibility index (Phi) is 4.55. The van der Waals surface area contributed by atoms with Crippen LogP contribution in [0.2, 0.25) is 0 Å². The summed E-state index contributed by atoms with van der Waals surface area (Å²) in [5.41, 5.74) is 8.37. The molecule has 2 aromatic rings. The normalized spacial score (nSPS) is 11.0. The predicted molar refractivity (Wildman–Crippen MR) is 78.0 cm³/mol. The minimum Gasteiger partial charge on any atom is -0.369 e. The fraction of sp³-hybridized carbons (Fsp3) is 0.467. The summed E-state index contributed by atoms with van der Waals surface area (Å²) >= 11 is 0. The van der Waals surface area contributed by atoms with Crippen molar-refractivity contribution in [2.45, 2.75) is 45.4 Å². The molecule has 0 aliphatic carbocycles. The van der Waals surface area contributed by atoms with Crippen molar-refractivity contribution in [1.82, 2.24) is 9.97 Å². The molecule has 1 aromatic carbocycles. The van der Waals surface area contributed by atoms with Gasteiger partial charge in [-0.25, -0.2) is 4.98 Å². The number of benzene rings is 1. The van der Waals surface area contributed by atoms with Crippen LogP contribution in [0.15, 0.2) is 18.2 Å². The third kappa shape index (κ3) is 3.81. The number of aromatic amines is 1. The summed E-state index contributed by atoms with van der Waals surface area (Å²) in [4.78, 5) is 19.0. The number of ketones is 1. The Labute approximate surface area is 113 Å². The molecule has 2 rings (SSSR count). The lowest BCUT2D eigenvalue weighted by atomic mass is 10.0. The van der Waals surface area contributed by atoms with Crippen LogP contribution in [0.3, 0.4) is 0 Å². The highest BCUT2D eigenvalue weighted by Crippen LogP contribution is 2.16. The number of hydrogen-bond donors (Lipinski definition) is 2. The number of Topliss-reactive ketones (excluding diaryl/α,β-unsaturated/α-hetero) is 1. The van der Waals surface area contributed by atoms with Crippen LogP contribution < -0.4 is 5.73 Å². The molecule has 0 aliphatic rings. The molecule has 0 saturated heterocycles. The zero-order valence-corrected chi connectivity index (χ0v) is 11.4. The van der Waals surface area contributed by atoms with Crippen molar-refractivity contribution < 1.29 is 4.79 Å². The number of anilines is 1. The van der Waals surface area contributed by atoms with Crippen LogP contribution in [-0.4, -0.2) is 15.8 Å². The molecule has 4 nitrogen and oxygen atoms in total. The van der Waals surface area contributed by atoms with Gasteiger partial charge in [-0.1, -0.05) is 32.3 Å². The van der Waals surface area contributed by atoms with Crippen molar-refractivity contribution in [3.05, 3.63) is 23.8 Å². The van der Waals surface area contributed by atoms with E-state index in [0.29, 0.717) is 24.6 Å². The molecule has 0 unspecified atom stereocenters. The maximum atomic E-state index is 11.9.